The summed E-state index contributed by atoms with van der Waals surface area (Å²) in [6.07, 6.45) is 0.644. The Labute approximate surface area is 128 Å². The molecule has 9 heteroatoms. The van der Waals surface area contributed by atoms with Crippen molar-refractivity contribution in [1.29, 1.82) is 0 Å². The SMILES string of the molecule is COCCCC(Nc1cc(F)c(Br)cc1[N+](=O)[O-])C(=O)O. The monoisotopic (exact) mass is 364 g/mol. The van der Waals surface area contributed by atoms with Gasteiger partial charge in [0.1, 0.15) is 17.5 Å². The van der Waals surface area contributed by atoms with Crippen LogP contribution in [0.2, 0.25) is 0 Å². The lowest BCUT2D eigenvalue weighted by Gasteiger charge is -2.16. The van der Waals surface area contributed by atoms with E-state index < -0.39 is 28.4 Å². The molecule has 0 saturated heterocycles. The molecule has 0 radical (unpaired) electrons. The number of methoxy groups -OCH3 is 1. The molecule has 0 amide bonds. The van der Waals surface area contributed by atoms with Gasteiger partial charge in [-0.15, -0.1) is 0 Å². The van der Waals surface area contributed by atoms with E-state index in [-0.39, 0.29) is 16.6 Å². The summed E-state index contributed by atoms with van der Waals surface area (Å²) in [5.74, 6) is -1.90. The molecule has 0 saturated carbocycles. The maximum Gasteiger partial charge on any atom is 0.326 e. The normalized spacial score (nSPS) is 12.0. The van der Waals surface area contributed by atoms with Crippen molar-refractivity contribution in [3.8, 4) is 0 Å². The molecule has 1 aromatic rings. The summed E-state index contributed by atoms with van der Waals surface area (Å²) in [5.41, 5.74) is -0.577. The molecule has 0 aromatic heterocycles. The Hall–Kier alpha value is -1.74. The van der Waals surface area contributed by atoms with Gasteiger partial charge in [-0.25, -0.2) is 9.18 Å². The third kappa shape index (κ3) is 4.94. The first kappa shape index (κ1) is 17.3. The van der Waals surface area contributed by atoms with Gasteiger partial charge in [-0.3, -0.25) is 10.1 Å². The van der Waals surface area contributed by atoms with Crippen molar-refractivity contribution in [2.24, 2.45) is 0 Å². The average Bonchev–Trinajstić information content (AvgIpc) is 2.41. The van der Waals surface area contributed by atoms with E-state index in [4.69, 9.17) is 9.84 Å². The molecule has 7 nitrogen and oxygen atoms in total. The Balaban J connectivity index is 2.99. The number of carboxylic acids is 1. The van der Waals surface area contributed by atoms with E-state index in [0.29, 0.717) is 13.0 Å². The molecule has 116 valence electrons. The highest BCUT2D eigenvalue weighted by Crippen LogP contribution is 2.31. The number of ether oxygens (including phenoxy) is 1. The van der Waals surface area contributed by atoms with Crippen molar-refractivity contribution in [3.63, 3.8) is 0 Å². The van der Waals surface area contributed by atoms with E-state index in [9.17, 15) is 19.3 Å². The van der Waals surface area contributed by atoms with Gasteiger partial charge in [0.2, 0.25) is 0 Å². The lowest BCUT2D eigenvalue weighted by Crippen LogP contribution is -2.30. The fraction of sp³-hybridized carbons (Fsp3) is 0.417. The molecule has 21 heavy (non-hydrogen) atoms. The van der Waals surface area contributed by atoms with Crippen molar-refractivity contribution in [2.45, 2.75) is 18.9 Å². The lowest BCUT2D eigenvalue weighted by molar-refractivity contribution is -0.384. The van der Waals surface area contributed by atoms with Gasteiger partial charge in [0.25, 0.3) is 5.69 Å². The summed E-state index contributed by atoms with van der Waals surface area (Å²) in [6, 6.07) is 0.819. The molecule has 2 N–H and O–H groups in total. The first-order valence-electron chi connectivity index (χ1n) is 5.98. The van der Waals surface area contributed by atoms with Gasteiger partial charge in [0.15, 0.2) is 0 Å². The predicted molar refractivity (Wildman–Crippen MR) is 76.9 cm³/mol. The summed E-state index contributed by atoms with van der Waals surface area (Å²) < 4.78 is 18.3. The zero-order valence-corrected chi connectivity index (χ0v) is 12.7. The molecule has 1 aromatic carbocycles. The van der Waals surface area contributed by atoms with Crippen LogP contribution in [0.3, 0.4) is 0 Å². The number of nitrogens with one attached hydrogen (secondary N) is 1. The molecule has 0 aliphatic heterocycles. The van der Waals surface area contributed by atoms with Crippen molar-refractivity contribution >= 4 is 33.3 Å². The molecule has 1 rings (SSSR count). The second kappa shape index (κ2) is 7.89. The van der Waals surface area contributed by atoms with Crippen LogP contribution >= 0.6 is 15.9 Å². The number of carboxylic acid groups (broad SMARTS) is 1. The second-order valence-electron chi connectivity index (χ2n) is 4.21. The maximum absolute atomic E-state index is 13.5. The lowest BCUT2D eigenvalue weighted by atomic mass is 10.1. The number of halogens is 2. The zero-order chi connectivity index (χ0) is 16.0. The second-order valence-corrected chi connectivity index (χ2v) is 5.07. The number of nitro groups is 1. The summed E-state index contributed by atoms with van der Waals surface area (Å²) in [4.78, 5) is 21.4. The quantitative estimate of drug-likeness (QED) is 0.417. The van der Waals surface area contributed by atoms with Crippen LogP contribution in [-0.4, -0.2) is 35.8 Å². The number of anilines is 1. The van der Waals surface area contributed by atoms with E-state index in [1.54, 1.807) is 0 Å². The van der Waals surface area contributed by atoms with Gasteiger partial charge >= 0.3 is 5.97 Å². The minimum Gasteiger partial charge on any atom is -0.480 e. The number of nitro benzene ring substituents is 1. The summed E-state index contributed by atoms with van der Waals surface area (Å²) in [5, 5.41) is 22.6. The van der Waals surface area contributed by atoms with Crippen LogP contribution in [0.1, 0.15) is 12.8 Å². The highest BCUT2D eigenvalue weighted by molar-refractivity contribution is 9.10. The number of carbonyl (C=O) groups is 1. The van der Waals surface area contributed by atoms with E-state index in [2.05, 4.69) is 21.2 Å². The largest absolute Gasteiger partial charge is 0.480 e. The minimum absolute atomic E-state index is 0.0639. The molecule has 0 aliphatic rings. The molecule has 0 fully saturated rings. The fourth-order valence-corrected chi connectivity index (χ4v) is 2.01. The third-order valence-corrected chi connectivity index (χ3v) is 3.31. The summed E-state index contributed by atoms with van der Waals surface area (Å²) in [7, 11) is 1.48. The average molecular weight is 365 g/mol. The van der Waals surface area contributed by atoms with Crippen LogP contribution in [0.25, 0.3) is 0 Å². The van der Waals surface area contributed by atoms with Crippen molar-refractivity contribution in [1.82, 2.24) is 0 Å². The highest BCUT2D eigenvalue weighted by Gasteiger charge is 2.23. The number of benzene rings is 1. The van der Waals surface area contributed by atoms with Gasteiger partial charge in [-0.2, -0.15) is 0 Å². The predicted octanol–water partition coefficient (Wildman–Crippen LogP) is 2.79. The Morgan fingerprint density at radius 1 is 1.62 bits per heavy atom. The number of hydrogen-bond donors (Lipinski definition) is 2. The van der Waals surface area contributed by atoms with Crippen LogP contribution in [0.4, 0.5) is 15.8 Å². The topological polar surface area (TPSA) is 102 Å². The van der Waals surface area contributed by atoms with Crippen LogP contribution < -0.4 is 5.32 Å². The van der Waals surface area contributed by atoms with E-state index in [0.717, 1.165) is 12.1 Å². The first-order chi connectivity index (χ1) is 9.86. The highest BCUT2D eigenvalue weighted by atomic mass is 79.9. The van der Waals surface area contributed by atoms with E-state index in [1.165, 1.54) is 7.11 Å². The smallest absolute Gasteiger partial charge is 0.326 e. The van der Waals surface area contributed by atoms with Crippen LogP contribution in [0.5, 0.6) is 0 Å². The zero-order valence-electron chi connectivity index (χ0n) is 11.1. The Morgan fingerprint density at radius 3 is 2.81 bits per heavy atom. The van der Waals surface area contributed by atoms with Gasteiger partial charge in [-0.1, -0.05) is 0 Å². The number of aliphatic carboxylic acids is 1. The Bertz CT molecular complexity index is 541. The minimum atomic E-state index is -1.18. The number of hydrogen-bond acceptors (Lipinski definition) is 5. The van der Waals surface area contributed by atoms with Crippen LogP contribution in [0.15, 0.2) is 16.6 Å². The van der Waals surface area contributed by atoms with Gasteiger partial charge in [0, 0.05) is 25.8 Å². The summed E-state index contributed by atoms with van der Waals surface area (Å²) in [6.45, 7) is 0.363. The van der Waals surface area contributed by atoms with Crippen LogP contribution in [0, 0.1) is 15.9 Å². The molecule has 1 atom stereocenters. The van der Waals surface area contributed by atoms with E-state index >= 15 is 0 Å². The van der Waals surface area contributed by atoms with Gasteiger partial charge < -0.3 is 15.2 Å². The van der Waals surface area contributed by atoms with Gasteiger partial charge in [0.05, 0.1) is 9.40 Å². The maximum atomic E-state index is 13.5. The molecule has 0 aliphatic carbocycles. The first-order valence-corrected chi connectivity index (χ1v) is 6.77. The number of nitrogens with zero attached hydrogens (tertiary/aromatic N) is 1. The fourth-order valence-electron chi connectivity index (χ4n) is 1.68. The molecule has 0 bridgehead atoms. The van der Waals surface area contributed by atoms with Gasteiger partial charge in [-0.05, 0) is 28.8 Å². The molecule has 0 spiro atoms. The molecular formula is C12H14BrFN2O5. The number of rotatable bonds is 8. The van der Waals surface area contributed by atoms with Crippen molar-refractivity contribution in [3.05, 3.63) is 32.5 Å². The standard InChI is InChI=1S/C12H14BrFN2O5/c1-21-4-2-3-9(12(17)18)15-10-6-8(14)7(13)5-11(10)16(19)20/h5-6,9,15H,2-4H2,1H3,(H,17,18). The molecule has 1 unspecified atom stereocenters. The molecular weight excluding hydrogens is 351 g/mol. The summed E-state index contributed by atoms with van der Waals surface area (Å²) >= 11 is 2.85. The Morgan fingerprint density at radius 2 is 2.29 bits per heavy atom. The van der Waals surface area contributed by atoms with E-state index in [1.807, 2.05) is 0 Å². The molecule has 0 heterocycles. The third-order valence-electron chi connectivity index (χ3n) is 2.70. The van der Waals surface area contributed by atoms with Crippen molar-refractivity contribution < 1.29 is 24.0 Å². The van der Waals surface area contributed by atoms with Crippen molar-refractivity contribution in [2.75, 3.05) is 19.0 Å². The van der Waals surface area contributed by atoms with Crippen LogP contribution in [-0.2, 0) is 9.53 Å². The Kier molecular flexibility index (Phi) is 6.50.